The molecule has 0 bridgehead atoms. The molecule has 2 aliphatic heterocycles. The first kappa shape index (κ1) is 34.4. The molecule has 0 atom stereocenters. The fourth-order valence-electron chi connectivity index (χ4n) is 3.17. The van der Waals surface area contributed by atoms with Gasteiger partial charge in [-0.05, 0) is 36.4 Å². The van der Waals surface area contributed by atoms with E-state index in [9.17, 15) is 36.0 Å². The van der Waals surface area contributed by atoms with Gasteiger partial charge in [-0.2, -0.15) is 0 Å². The summed E-state index contributed by atoms with van der Waals surface area (Å²) in [6.07, 6.45) is 6.05. The molecule has 0 fully saturated rings. The monoisotopic (exact) mass is 714 g/mol. The summed E-state index contributed by atoms with van der Waals surface area (Å²) >= 11 is 0. The molecule has 43 heavy (non-hydrogen) atoms. The Kier molecular flexibility index (Phi) is 11.9. The van der Waals surface area contributed by atoms with E-state index < -0.39 is 43.7 Å². The second-order valence-corrected chi connectivity index (χ2v) is 11.1. The van der Waals surface area contributed by atoms with Crippen LogP contribution < -0.4 is 11.5 Å². The van der Waals surface area contributed by atoms with E-state index in [-0.39, 0.29) is 41.3 Å². The number of amides is 4. The Morgan fingerprint density at radius 3 is 1.19 bits per heavy atom. The van der Waals surface area contributed by atoms with Gasteiger partial charge in [-0.15, -0.1) is 0 Å². The van der Waals surface area contributed by atoms with Crippen molar-refractivity contribution in [2.75, 3.05) is 0 Å². The molecule has 6 rings (SSSR count). The van der Waals surface area contributed by atoms with Crippen LogP contribution in [-0.2, 0) is 40.5 Å². The molecule has 17 heteroatoms. The van der Waals surface area contributed by atoms with E-state index in [0.717, 1.165) is 0 Å². The number of benzene rings is 2. The predicted octanol–water partition coefficient (Wildman–Crippen LogP) is 2.16. The number of hydrogen-bond donors (Lipinski definition) is 2. The molecule has 4 aromatic rings. The number of carbonyl (C=O) groups is 4. The molecule has 224 valence electrons. The zero-order chi connectivity index (χ0) is 30.9. The number of fused-ring (bicyclic) bond motifs is 2. The minimum atomic E-state index is -3.68. The van der Waals surface area contributed by atoms with E-state index in [1.165, 1.54) is 36.7 Å². The van der Waals surface area contributed by atoms with Gasteiger partial charge in [0.15, 0.2) is 0 Å². The molecule has 0 radical (unpaired) electrons. The molecule has 0 saturated heterocycles. The first-order chi connectivity index (χ1) is 19.8. The Morgan fingerprint density at radius 2 is 0.930 bits per heavy atom. The second-order valence-electron chi connectivity index (χ2n) is 7.95. The average molecular weight is 715 g/mol. The van der Waals surface area contributed by atoms with Crippen molar-refractivity contribution in [1.29, 1.82) is 0 Å². The second kappa shape index (κ2) is 14.9. The van der Waals surface area contributed by atoms with E-state index in [4.69, 9.17) is 11.5 Å². The average Bonchev–Trinajstić information content (AvgIpc) is 3.37. The number of hydrogen-bond acceptors (Lipinski definition) is 10. The number of sulfonamides is 2. The first-order valence-electron chi connectivity index (χ1n) is 11.5. The van der Waals surface area contributed by atoms with Gasteiger partial charge in [-0.25, -0.2) is 16.8 Å². The molecule has 0 saturated carbocycles. The van der Waals surface area contributed by atoms with Crippen LogP contribution in [0.1, 0.15) is 41.4 Å². The summed E-state index contributed by atoms with van der Waals surface area (Å²) in [6, 6.07) is 18.6. The third kappa shape index (κ3) is 9.08. The van der Waals surface area contributed by atoms with E-state index in [2.05, 4.69) is 19.4 Å². The van der Waals surface area contributed by atoms with Crippen molar-refractivity contribution in [3.05, 3.63) is 129 Å². The Bertz CT molecular complexity index is 1720. The van der Waals surface area contributed by atoms with Gasteiger partial charge in [0, 0.05) is 35.9 Å². The molecule has 0 spiro atoms. The fourth-order valence-corrected chi connectivity index (χ4v) is 5.37. The number of aromatic nitrogens is 2. The number of nitrogens with two attached hydrogens (primary N) is 2. The van der Waals surface area contributed by atoms with E-state index in [1.54, 1.807) is 60.9 Å². The normalized spacial score (nSPS) is 14.0. The maximum Gasteiger partial charge on any atom is 2.00 e. The van der Waals surface area contributed by atoms with Crippen LogP contribution in [0.25, 0.3) is 9.44 Å². The van der Waals surface area contributed by atoms with Crippen molar-refractivity contribution in [2.45, 2.75) is 9.79 Å². The first-order valence-corrected chi connectivity index (χ1v) is 14.3. The van der Waals surface area contributed by atoms with Crippen LogP contribution in [0.2, 0.25) is 0 Å². The SMILES string of the molecule is NC(=O)c1cccnc1.NC(=O)c1cccnc1.O=C1[N-]S(=O)(=O)c2ccccc21.O=C1[N-]S(=O)(=O)c2ccccc21.[Pd+2]. The standard InChI is InChI=1S/2C7H5NO3S.2C6H6N2O.Pd/c2*9-7-5-3-1-2-4-6(5)12(10,11)8-7;2*7-6(9)5-2-1-3-8-4-5;/h2*1-4H,(H,8,9);2*1-4H,(H2,7,9);/q;;;;+2/p-2. The van der Waals surface area contributed by atoms with Crippen molar-refractivity contribution in [2.24, 2.45) is 11.5 Å². The molecule has 2 aromatic carbocycles. The molecule has 4 amide bonds. The Balaban J connectivity index is 0.000000201. The molecule has 4 heterocycles. The summed E-state index contributed by atoms with van der Waals surface area (Å²) < 4.78 is 50.3. The zero-order valence-electron chi connectivity index (χ0n) is 21.6. The predicted molar refractivity (Wildman–Crippen MR) is 148 cm³/mol. The van der Waals surface area contributed by atoms with Gasteiger partial charge >= 0.3 is 20.4 Å². The van der Waals surface area contributed by atoms with Crippen LogP contribution in [0, 0.1) is 0 Å². The molecule has 0 unspecified atom stereocenters. The summed E-state index contributed by atoms with van der Waals surface area (Å²) in [6.45, 7) is 0. The molecule has 2 aliphatic rings. The van der Waals surface area contributed by atoms with Crippen LogP contribution in [0.5, 0.6) is 0 Å². The Hall–Kier alpha value is -4.82. The van der Waals surface area contributed by atoms with Crippen molar-refractivity contribution >= 4 is 43.7 Å². The van der Waals surface area contributed by atoms with Crippen molar-refractivity contribution in [3.8, 4) is 0 Å². The van der Waals surface area contributed by atoms with Crippen molar-refractivity contribution in [1.82, 2.24) is 9.97 Å². The summed E-state index contributed by atoms with van der Waals surface area (Å²) in [5, 5.41) is 0. The number of primary amides is 2. The van der Waals surface area contributed by atoms with Crippen LogP contribution in [-0.4, -0.2) is 50.4 Å². The number of carbonyl (C=O) groups excluding carboxylic acids is 4. The molecular weight excluding hydrogens is 695 g/mol. The van der Waals surface area contributed by atoms with Crippen molar-refractivity contribution < 1.29 is 56.4 Å². The van der Waals surface area contributed by atoms with Gasteiger partial charge in [-0.1, -0.05) is 36.4 Å². The van der Waals surface area contributed by atoms with Crippen LogP contribution in [0.4, 0.5) is 0 Å². The molecule has 14 nitrogen and oxygen atoms in total. The van der Waals surface area contributed by atoms with Gasteiger partial charge in [0.05, 0.1) is 32.7 Å². The minimum Gasteiger partial charge on any atom is -0.537 e. The summed E-state index contributed by atoms with van der Waals surface area (Å²) in [4.78, 5) is 50.1. The van der Waals surface area contributed by atoms with Gasteiger partial charge < -0.3 is 30.5 Å². The van der Waals surface area contributed by atoms with Crippen LogP contribution in [0.3, 0.4) is 0 Å². The topological polar surface area (TPSA) is 243 Å². The smallest absolute Gasteiger partial charge is 0.537 e. The van der Waals surface area contributed by atoms with Gasteiger partial charge in [0.2, 0.25) is 11.8 Å². The maximum absolute atomic E-state index is 11.1. The minimum absolute atomic E-state index is 0. The zero-order valence-corrected chi connectivity index (χ0v) is 24.8. The molecule has 4 N–H and O–H groups in total. The Labute approximate surface area is 259 Å². The van der Waals surface area contributed by atoms with Crippen molar-refractivity contribution in [3.63, 3.8) is 0 Å². The molecule has 0 aliphatic carbocycles. The fraction of sp³-hybridized carbons (Fsp3) is 0. The summed E-state index contributed by atoms with van der Waals surface area (Å²) in [5.74, 6) is -2.23. The molecule has 2 aromatic heterocycles. The summed E-state index contributed by atoms with van der Waals surface area (Å²) in [5.41, 5.74) is 11.1. The summed E-state index contributed by atoms with van der Waals surface area (Å²) in [7, 11) is -7.36. The number of pyridine rings is 2. The third-order valence-electron chi connectivity index (χ3n) is 5.09. The van der Waals surface area contributed by atoms with Gasteiger partial charge in [0.25, 0.3) is 0 Å². The van der Waals surface area contributed by atoms with E-state index >= 15 is 0 Å². The largest absolute Gasteiger partial charge is 2.00 e. The third-order valence-corrected chi connectivity index (χ3v) is 7.73. The van der Waals surface area contributed by atoms with Crippen LogP contribution >= 0.6 is 0 Å². The van der Waals surface area contributed by atoms with Gasteiger partial charge in [-0.3, -0.25) is 19.6 Å². The number of rotatable bonds is 2. The molecular formula is C26H20N6O8PdS2. The maximum atomic E-state index is 11.1. The van der Waals surface area contributed by atoms with E-state index in [0.29, 0.717) is 11.1 Å². The quantitative estimate of drug-likeness (QED) is 0.287. The van der Waals surface area contributed by atoms with Crippen LogP contribution in [0.15, 0.2) is 107 Å². The van der Waals surface area contributed by atoms with Gasteiger partial charge in [0.1, 0.15) is 20.0 Å². The Morgan fingerprint density at radius 1 is 0.581 bits per heavy atom. The number of nitrogens with zero attached hydrogens (tertiary/aromatic N) is 4. The van der Waals surface area contributed by atoms with E-state index in [1.807, 2.05) is 0 Å².